The number of nitriles is 1. The van der Waals surface area contributed by atoms with Crippen LogP contribution in [0.2, 0.25) is 0 Å². The van der Waals surface area contributed by atoms with E-state index in [2.05, 4.69) is 30.4 Å². The molecule has 0 bridgehead atoms. The highest BCUT2D eigenvalue weighted by Gasteiger charge is 2.08. The summed E-state index contributed by atoms with van der Waals surface area (Å²) in [5, 5.41) is 8.59. The van der Waals surface area contributed by atoms with Gasteiger partial charge in [-0.15, -0.1) is 0 Å². The second kappa shape index (κ2) is 6.42. The van der Waals surface area contributed by atoms with Crippen molar-refractivity contribution in [3.8, 4) is 6.07 Å². The van der Waals surface area contributed by atoms with Crippen molar-refractivity contribution in [3.63, 3.8) is 0 Å². The SMILES string of the molecule is N#CC=CC(C=Cc1ccccc1)=CC=C1CC1. The van der Waals surface area contributed by atoms with Crippen molar-refractivity contribution in [2.75, 3.05) is 0 Å². The molecule has 0 unspecified atom stereocenters. The summed E-state index contributed by atoms with van der Waals surface area (Å²) < 4.78 is 0. The van der Waals surface area contributed by atoms with E-state index in [0.29, 0.717) is 0 Å². The zero-order valence-corrected chi connectivity index (χ0v) is 10.2. The van der Waals surface area contributed by atoms with Crippen LogP contribution in [0, 0.1) is 11.3 Å². The van der Waals surface area contributed by atoms with Crippen LogP contribution in [0.1, 0.15) is 18.4 Å². The van der Waals surface area contributed by atoms with Crippen LogP contribution in [-0.4, -0.2) is 0 Å². The minimum absolute atomic E-state index is 1.04. The van der Waals surface area contributed by atoms with Gasteiger partial charge < -0.3 is 0 Å². The summed E-state index contributed by atoms with van der Waals surface area (Å²) in [5.74, 6) is 0. The quantitative estimate of drug-likeness (QED) is 0.557. The van der Waals surface area contributed by atoms with Crippen LogP contribution < -0.4 is 0 Å². The highest BCUT2D eigenvalue weighted by molar-refractivity contribution is 5.55. The zero-order valence-electron chi connectivity index (χ0n) is 10.2. The summed E-state index contributed by atoms with van der Waals surface area (Å²) in [6.07, 6.45) is 14.1. The Morgan fingerprint density at radius 3 is 2.56 bits per heavy atom. The van der Waals surface area contributed by atoms with Crippen LogP contribution in [0.25, 0.3) is 6.08 Å². The number of nitrogens with zero attached hydrogens (tertiary/aromatic N) is 1. The molecule has 1 aliphatic carbocycles. The van der Waals surface area contributed by atoms with Gasteiger partial charge in [0.2, 0.25) is 0 Å². The van der Waals surface area contributed by atoms with Crippen LogP contribution in [0.15, 0.2) is 71.9 Å². The number of benzene rings is 1. The molecule has 0 aliphatic heterocycles. The fraction of sp³-hybridized carbons (Fsp3) is 0.118. The molecule has 0 spiro atoms. The fourth-order valence-electron chi connectivity index (χ4n) is 1.51. The van der Waals surface area contributed by atoms with Crippen molar-refractivity contribution in [2.24, 2.45) is 0 Å². The fourth-order valence-corrected chi connectivity index (χ4v) is 1.51. The molecule has 1 aromatic carbocycles. The van der Waals surface area contributed by atoms with Gasteiger partial charge in [0.1, 0.15) is 0 Å². The van der Waals surface area contributed by atoms with E-state index in [1.165, 1.54) is 24.5 Å². The molecule has 0 heterocycles. The lowest BCUT2D eigenvalue weighted by Crippen LogP contribution is -1.73. The number of allylic oxidation sites excluding steroid dienone is 7. The van der Waals surface area contributed by atoms with Crippen LogP contribution in [0.4, 0.5) is 0 Å². The lowest BCUT2D eigenvalue weighted by Gasteiger charge is -1.93. The maximum absolute atomic E-state index is 8.59. The van der Waals surface area contributed by atoms with E-state index in [1.54, 1.807) is 0 Å². The van der Waals surface area contributed by atoms with Gasteiger partial charge in [-0.05, 0) is 30.1 Å². The Morgan fingerprint density at radius 2 is 1.89 bits per heavy atom. The van der Waals surface area contributed by atoms with Gasteiger partial charge in [0.25, 0.3) is 0 Å². The third-order valence-electron chi connectivity index (χ3n) is 2.67. The molecular formula is C17H15N. The van der Waals surface area contributed by atoms with E-state index in [0.717, 1.165) is 11.1 Å². The molecule has 0 saturated heterocycles. The van der Waals surface area contributed by atoms with Gasteiger partial charge >= 0.3 is 0 Å². The lowest BCUT2D eigenvalue weighted by molar-refractivity contribution is 1.50. The van der Waals surface area contributed by atoms with Gasteiger partial charge in [-0.3, -0.25) is 0 Å². The first-order valence-corrected chi connectivity index (χ1v) is 6.07. The van der Waals surface area contributed by atoms with Crippen LogP contribution in [0.5, 0.6) is 0 Å². The van der Waals surface area contributed by atoms with E-state index in [4.69, 9.17) is 5.26 Å². The molecule has 0 radical (unpaired) electrons. The number of rotatable bonds is 4. The lowest BCUT2D eigenvalue weighted by atomic mass is 10.1. The third kappa shape index (κ3) is 4.27. The van der Waals surface area contributed by atoms with E-state index >= 15 is 0 Å². The standard InChI is InChI=1S/C17H15N/c18-14-4-7-16(10-11-17-12-13-17)9-8-15-5-2-1-3-6-15/h1-11H,12-13H2. The van der Waals surface area contributed by atoms with Crippen molar-refractivity contribution in [2.45, 2.75) is 12.8 Å². The Kier molecular flexibility index (Phi) is 4.33. The topological polar surface area (TPSA) is 23.8 Å². The third-order valence-corrected chi connectivity index (χ3v) is 2.67. The zero-order chi connectivity index (χ0) is 12.6. The van der Waals surface area contributed by atoms with Gasteiger partial charge in [0, 0.05) is 6.08 Å². The van der Waals surface area contributed by atoms with Crippen molar-refractivity contribution < 1.29 is 0 Å². The summed E-state index contributed by atoms with van der Waals surface area (Å²) in [4.78, 5) is 0. The highest BCUT2D eigenvalue weighted by atomic mass is 14.2. The average Bonchev–Trinajstić information content (AvgIpc) is 3.23. The van der Waals surface area contributed by atoms with Gasteiger partial charge in [-0.2, -0.15) is 5.26 Å². The molecule has 0 amide bonds. The first-order chi connectivity index (χ1) is 8.88. The molecule has 18 heavy (non-hydrogen) atoms. The normalized spacial score (nSPS) is 15.1. The molecule has 2 rings (SSSR count). The van der Waals surface area contributed by atoms with Crippen molar-refractivity contribution in [1.29, 1.82) is 5.26 Å². The monoisotopic (exact) mass is 233 g/mol. The summed E-state index contributed by atoms with van der Waals surface area (Å²) >= 11 is 0. The Balaban J connectivity index is 2.12. The molecule has 88 valence electrons. The van der Waals surface area contributed by atoms with Crippen LogP contribution >= 0.6 is 0 Å². The van der Waals surface area contributed by atoms with Gasteiger partial charge in [-0.25, -0.2) is 0 Å². The van der Waals surface area contributed by atoms with Crippen molar-refractivity contribution in [3.05, 3.63) is 77.4 Å². The molecule has 1 saturated carbocycles. The van der Waals surface area contributed by atoms with Crippen molar-refractivity contribution >= 4 is 6.08 Å². The first kappa shape index (κ1) is 12.1. The Bertz CT molecular complexity index is 545. The largest absolute Gasteiger partial charge is 0.193 e. The van der Waals surface area contributed by atoms with E-state index in [1.807, 2.05) is 36.4 Å². The minimum atomic E-state index is 1.04. The molecule has 1 nitrogen and oxygen atoms in total. The Hall–Kier alpha value is -2.33. The molecular weight excluding hydrogens is 218 g/mol. The van der Waals surface area contributed by atoms with Crippen LogP contribution in [-0.2, 0) is 0 Å². The second-order valence-electron chi connectivity index (χ2n) is 4.20. The molecule has 0 N–H and O–H groups in total. The molecule has 0 atom stereocenters. The maximum Gasteiger partial charge on any atom is 0.0912 e. The number of hydrogen-bond acceptors (Lipinski definition) is 1. The van der Waals surface area contributed by atoms with E-state index in [-0.39, 0.29) is 0 Å². The molecule has 1 fully saturated rings. The van der Waals surface area contributed by atoms with E-state index in [9.17, 15) is 0 Å². The van der Waals surface area contributed by atoms with Crippen LogP contribution in [0.3, 0.4) is 0 Å². The molecule has 0 aromatic heterocycles. The van der Waals surface area contributed by atoms with Crippen molar-refractivity contribution in [1.82, 2.24) is 0 Å². The summed E-state index contributed by atoms with van der Waals surface area (Å²) in [7, 11) is 0. The summed E-state index contributed by atoms with van der Waals surface area (Å²) in [5.41, 5.74) is 3.68. The van der Waals surface area contributed by atoms with Gasteiger partial charge in [-0.1, -0.05) is 60.2 Å². The minimum Gasteiger partial charge on any atom is -0.193 e. The first-order valence-electron chi connectivity index (χ1n) is 6.07. The van der Waals surface area contributed by atoms with E-state index < -0.39 is 0 Å². The summed E-state index contributed by atoms with van der Waals surface area (Å²) in [6.45, 7) is 0. The summed E-state index contributed by atoms with van der Waals surface area (Å²) in [6, 6.07) is 12.2. The maximum atomic E-state index is 8.59. The smallest absolute Gasteiger partial charge is 0.0912 e. The Morgan fingerprint density at radius 1 is 1.11 bits per heavy atom. The molecule has 1 aromatic rings. The molecule has 1 aliphatic rings. The molecule has 1 heteroatoms. The predicted octanol–water partition coefficient (Wildman–Crippen LogP) is 4.43. The second-order valence-corrected chi connectivity index (χ2v) is 4.20. The number of hydrogen-bond donors (Lipinski definition) is 0. The highest BCUT2D eigenvalue weighted by Crippen LogP contribution is 2.27. The Labute approximate surface area is 108 Å². The predicted molar refractivity (Wildman–Crippen MR) is 75.6 cm³/mol. The average molecular weight is 233 g/mol. The van der Waals surface area contributed by atoms with Gasteiger partial charge in [0.15, 0.2) is 0 Å². The van der Waals surface area contributed by atoms with Gasteiger partial charge in [0.05, 0.1) is 6.07 Å².